The van der Waals surface area contributed by atoms with E-state index in [1.54, 1.807) is 4.57 Å². The van der Waals surface area contributed by atoms with Crippen LogP contribution < -0.4 is 11.3 Å². The number of ether oxygens (including phenoxy) is 1. The molecule has 5 N–H and O–H groups in total. The van der Waals surface area contributed by atoms with Gasteiger partial charge >= 0.3 is 0 Å². The van der Waals surface area contributed by atoms with Gasteiger partial charge in [0.1, 0.15) is 6.10 Å². The van der Waals surface area contributed by atoms with Gasteiger partial charge in [0.05, 0.1) is 18.0 Å². The third-order valence-electron chi connectivity index (χ3n) is 3.53. The first-order valence-corrected chi connectivity index (χ1v) is 6.87. The lowest BCUT2D eigenvalue weighted by atomic mass is 10.2. The SMILES string of the molecule is Nc1nc2c(nc3n2[C@@H]2O[C@H](CO)[C@H](O)C2S3)c(=O)[nH]1. The third-order valence-corrected chi connectivity index (χ3v) is 4.81. The zero-order valence-corrected chi connectivity index (χ0v) is 10.9. The molecule has 2 aromatic heterocycles. The molecule has 4 heterocycles. The van der Waals surface area contributed by atoms with Gasteiger partial charge in [0.2, 0.25) is 5.95 Å². The van der Waals surface area contributed by atoms with Crippen LogP contribution in [0.5, 0.6) is 0 Å². The van der Waals surface area contributed by atoms with Crippen LogP contribution in [0.1, 0.15) is 6.23 Å². The maximum absolute atomic E-state index is 11.8. The normalized spacial score (nSPS) is 31.7. The van der Waals surface area contributed by atoms with Gasteiger partial charge in [0.25, 0.3) is 5.56 Å². The van der Waals surface area contributed by atoms with Crippen molar-refractivity contribution in [2.24, 2.45) is 0 Å². The molecule has 106 valence electrons. The van der Waals surface area contributed by atoms with E-state index in [-0.39, 0.29) is 23.3 Å². The lowest BCUT2D eigenvalue weighted by Crippen LogP contribution is -2.30. The highest BCUT2D eigenvalue weighted by Crippen LogP contribution is 2.48. The van der Waals surface area contributed by atoms with Gasteiger partial charge in [-0.05, 0) is 0 Å². The number of nitrogens with zero attached hydrogens (tertiary/aromatic N) is 3. The van der Waals surface area contributed by atoms with Gasteiger partial charge in [0, 0.05) is 0 Å². The number of hydrogen-bond acceptors (Lipinski definition) is 8. The van der Waals surface area contributed by atoms with E-state index in [1.165, 1.54) is 11.8 Å². The number of aliphatic hydroxyl groups excluding tert-OH is 2. The molecule has 2 aliphatic rings. The smallest absolute Gasteiger partial charge is 0.280 e. The number of aliphatic hydroxyl groups is 2. The molecule has 1 saturated heterocycles. The molecule has 1 unspecified atom stereocenters. The summed E-state index contributed by atoms with van der Waals surface area (Å²) < 4.78 is 7.28. The van der Waals surface area contributed by atoms with Crippen molar-refractivity contribution in [1.82, 2.24) is 19.5 Å². The van der Waals surface area contributed by atoms with Crippen LogP contribution in [-0.2, 0) is 4.74 Å². The van der Waals surface area contributed by atoms with E-state index in [4.69, 9.17) is 10.5 Å². The predicted molar refractivity (Wildman–Crippen MR) is 69.2 cm³/mol. The first kappa shape index (κ1) is 12.1. The summed E-state index contributed by atoms with van der Waals surface area (Å²) >= 11 is 1.31. The highest BCUT2D eigenvalue weighted by Gasteiger charge is 2.51. The average Bonchev–Trinajstić information content (AvgIpc) is 3.00. The number of nitrogens with one attached hydrogen (secondary N) is 1. The zero-order valence-electron chi connectivity index (χ0n) is 10.1. The number of aromatic nitrogens is 4. The Morgan fingerprint density at radius 2 is 2.30 bits per heavy atom. The van der Waals surface area contributed by atoms with E-state index in [1.807, 2.05) is 0 Å². The van der Waals surface area contributed by atoms with E-state index in [0.717, 1.165) is 0 Å². The van der Waals surface area contributed by atoms with Crippen LogP contribution in [0, 0.1) is 0 Å². The van der Waals surface area contributed by atoms with Gasteiger partial charge in [-0.3, -0.25) is 14.3 Å². The molecule has 0 aromatic carbocycles. The number of nitrogen functional groups attached to an aromatic ring is 1. The monoisotopic (exact) mass is 297 g/mol. The topological polar surface area (TPSA) is 139 Å². The molecular weight excluding hydrogens is 286 g/mol. The fraction of sp³-hybridized carbons (Fsp3) is 0.500. The average molecular weight is 297 g/mol. The van der Waals surface area contributed by atoms with Gasteiger partial charge in [-0.15, -0.1) is 0 Å². The van der Waals surface area contributed by atoms with Crippen molar-refractivity contribution in [2.45, 2.75) is 28.8 Å². The quantitative estimate of drug-likeness (QED) is 0.495. The number of H-pyrrole nitrogens is 1. The van der Waals surface area contributed by atoms with Crippen molar-refractivity contribution in [3.8, 4) is 0 Å². The zero-order chi connectivity index (χ0) is 14.0. The highest BCUT2D eigenvalue weighted by atomic mass is 32.2. The van der Waals surface area contributed by atoms with Crippen LogP contribution in [0.15, 0.2) is 9.95 Å². The van der Waals surface area contributed by atoms with Crippen molar-refractivity contribution in [3.05, 3.63) is 10.4 Å². The molecule has 2 aliphatic heterocycles. The van der Waals surface area contributed by atoms with Gasteiger partial charge in [-0.25, -0.2) is 4.98 Å². The van der Waals surface area contributed by atoms with Crippen LogP contribution in [0.3, 0.4) is 0 Å². The predicted octanol–water partition coefficient (Wildman–Crippen LogP) is -1.57. The number of thioether (sulfide) groups is 1. The van der Waals surface area contributed by atoms with Crippen molar-refractivity contribution >= 4 is 28.9 Å². The Morgan fingerprint density at radius 1 is 1.50 bits per heavy atom. The second-order valence-corrected chi connectivity index (χ2v) is 5.85. The Bertz CT molecular complexity index is 758. The number of hydrogen-bond donors (Lipinski definition) is 4. The summed E-state index contributed by atoms with van der Waals surface area (Å²) in [5.41, 5.74) is 5.65. The molecule has 4 rings (SSSR count). The summed E-state index contributed by atoms with van der Waals surface area (Å²) in [4.78, 5) is 22.5. The summed E-state index contributed by atoms with van der Waals surface area (Å²) in [6.45, 7) is -0.271. The number of nitrogens with two attached hydrogens (primary N) is 1. The molecule has 4 atom stereocenters. The number of rotatable bonds is 1. The molecule has 2 aromatic rings. The minimum absolute atomic E-state index is 0.00379. The van der Waals surface area contributed by atoms with Crippen LogP contribution in [0.25, 0.3) is 11.2 Å². The number of fused-ring (bicyclic) bond motifs is 5. The minimum atomic E-state index is -0.800. The largest absolute Gasteiger partial charge is 0.394 e. The van der Waals surface area contributed by atoms with Crippen LogP contribution in [0.4, 0.5) is 5.95 Å². The maximum Gasteiger partial charge on any atom is 0.280 e. The second kappa shape index (κ2) is 3.95. The summed E-state index contributed by atoms with van der Waals surface area (Å²) in [5, 5.41) is 19.5. The highest BCUT2D eigenvalue weighted by molar-refractivity contribution is 8.00. The summed E-state index contributed by atoms with van der Waals surface area (Å²) in [6, 6.07) is 0. The molecule has 9 nitrogen and oxygen atoms in total. The molecule has 0 spiro atoms. The Hall–Kier alpha value is -1.62. The van der Waals surface area contributed by atoms with Crippen molar-refractivity contribution in [1.29, 1.82) is 0 Å². The van der Waals surface area contributed by atoms with Crippen LogP contribution >= 0.6 is 11.8 Å². The molecule has 1 fully saturated rings. The maximum atomic E-state index is 11.8. The molecule has 0 aliphatic carbocycles. The van der Waals surface area contributed by atoms with Gasteiger partial charge < -0.3 is 20.7 Å². The fourth-order valence-corrected chi connectivity index (χ4v) is 3.93. The number of anilines is 1. The second-order valence-electron chi connectivity index (χ2n) is 4.71. The Balaban J connectivity index is 1.90. The standard InChI is InChI=1S/C10H11N5O4S/c11-9-13-6-3(7(18)14-9)12-10-15(6)8-5(20-10)4(17)2(1-16)19-8/h2,4-5,8,16-17H,1H2,(H3,11,13,14,18)/t2-,4+,5?,8-/m1/s1. The minimum Gasteiger partial charge on any atom is -0.394 e. The third kappa shape index (κ3) is 1.41. The molecule has 0 saturated carbocycles. The van der Waals surface area contributed by atoms with Crippen molar-refractivity contribution in [3.63, 3.8) is 0 Å². The fourth-order valence-electron chi connectivity index (χ4n) is 2.62. The molecule has 10 heteroatoms. The molecule has 0 radical (unpaired) electrons. The molecular formula is C10H11N5O4S. The molecule has 0 bridgehead atoms. The number of aromatic amines is 1. The summed E-state index contributed by atoms with van der Waals surface area (Å²) in [7, 11) is 0. The first-order valence-electron chi connectivity index (χ1n) is 5.99. The van der Waals surface area contributed by atoms with Gasteiger partial charge in [-0.2, -0.15) is 4.98 Å². The van der Waals surface area contributed by atoms with E-state index < -0.39 is 24.0 Å². The number of imidazole rings is 1. The molecule has 0 amide bonds. The van der Waals surface area contributed by atoms with E-state index in [9.17, 15) is 15.0 Å². The first-order chi connectivity index (χ1) is 9.60. The molecule has 20 heavy (non-hydrogen) atoms. The summed E-state index contributed by atoms with van der Waals surface area (Å²) in [6.07, 6.45) is -1.96. The Morgan fingerprint density at radius 3 is 3.05 bits per heavy atom. The lowest BCUT2D eigenvalue weighted by molar-refractivity contribution is -0.0448. The van der Waals surface area contributed by atoms with E-state index in [0.29, 0.717) is 10.8 Å². The summed E-state index contributed by atoms with van der Waals surface area (Å²) in [5.74, 6) is -0.00379. The van der Waals surface area contributed by atoms with Gasteiger partial charge in [-0.1, -0.05) is 11.8 Å². The van der Waals surface area contributed by atoms with E-state index >= 15 is 0 Å². The van der Waals surface area contributed by atoms with Crippen molar-refractivity contribution in [2.75, 3.05) is 12.3 Å². The lowest BCUT2D eigenvalue weighted by Gasteiger charge is -2.12. The van der Waals surface area contributed by atoms with Gasteiger partial charge in [0.15, 0.2) is 22.5 Å². The van der Waals surface area contributed by atoms with Crippen LogP contribution in [-0.4, -0.2) is 53.8 Å². The van der Waals surface area contributed by atoms with E-state index in [2.05, 4.69) is 15.0 Å². The van der Waals surface area contributed by atoms with Crippen molar-refractivity contribution < 1.29 is 14.9 Å². The Kier molecular flexibility index (Phi) is 2.40. The van der Waals surface area contributed by atoms with Crippen LogP contribution in [0.2, 0.25) is 0 Å². The Labute approximate surface area is 115 Å².